The molecule has 1 aliphatic heterocycles. The molecule has 0 radical (unpaired) electrons. The Balaban J connectivity index is 1.93. The maximum atomic E-state index is 12.5. The van der Waals surface area contributed by atoms with Crippen LogP contribution in [0.5, 0.6) is 0 Å². The standard InChI is InChI=1S/C14H15N3OS/c15-8-13-16-11(9-19-13)14(18)17-7-3-5-10-4-1-2-6-12(10)17/h1-2,4,6,9H,3,5,7-8,15H2. The van der Waals surface area contributed by atoms with Gasteiger partial charge in [0.15, 0.2) is 0 Å². The number of nitrogens with zero attached hydrogens (tertiary/aromatic N) is 2. The van der Waals surface area contributed by atoms with E-state index in [2.05, 4.69) is 11.1 Å². The summed E-state index contributed by atoms with van der Waals surface area (Å²) in [7, 11) is 0. The molecule has 2 heterocycles. The SMILES string of the molecule is NCc1nc(C(=O)N2CCCc3ccccc32)cs1. The van der Waals surface area contributed by atoms with Crippen molar-refractivity contribution in [1.29, 1.82) is 0 Å². The van der Waals surface area contributed by atoms with Crippen LogP contribution in [0.15, 0.2) is 29.6 Å². The molecule has 2 N–H and O–H groups in total. The highest BCUT2D eigenvalue weighted by molar-refractivity contribution is 7.09. The molecule has 98 valence electrons. The normalized spacial score (nSPS) is 14.3. The van der Waals surface area contributed by atoms with E-state index >= 15 is 0 Å². The number of thiazole rings is 1. The topological polar surface area (TPSA) is 59.2 Å². The number of hydrogen-bond donors (Lipinski definition) is 1. The van der Waals surface area contributed by atoms with Crippen LogP contribution in [0.25, 0.3) is 0 Å². The molecule has 1 aliphatic rings. The van der Waals surface area contributed by atoms with Gasteiger partial charge in [0.2, 0.25) is 0 Å². The number of nitrogens with two attached hydrogens (primary N) is 1. The zero-order valence-electron chi connectivity index (χ0n) is 10.5. The first-order valence-electron chi connectivity index (χ1n) is 6.34. The third kappa shape index (κ3) is 2.27. The van der Waals surface area contributed by atoms with Gasteiger partial charge >= 0.3 is 0 Å². The largest absolute Gasteiger partial charge is 0.325 e. The molecule has 0 saturated heterocycles. The number of anilines is 1. The summed E-state index contributed by atoms with van der Waals surface area (Å²) >= 11 is 1.44. The predicted octanol–water partition coefficient (Wildman–Crippen LogP) is 2.19. The number of aryl methyl sites for hydroxylation is 1. The summed E-state index contributed by atoms with van der Waals surface area (Å²) in [6.07, 6.45) is 2.03. The molecule has 4 nitrogen and oxygen atoms in total. The number of para-hydroxylation sites is 1. The Morgan fingerprint density at radius 1 is 1.42 bits per heavy atom. The lowest BCUT2D eigenvalue weighted by Crippen LogP contribution is -2.35. The smallest absolute Gasteiger partial charge is 0.277 e. The van der Waals surface area contributed by atoms with Gasteiger partial charge in [0.1, 0.15) is 10.7 Å². The Hall–Kier alpha value is -1.72. The van der Waals surface area contributed by atoms with E-state index in [-0.39, 0.29) is 5.91 Å². The number of hydrogen-bond acceptors (Lipinski definition) is 4. The van der Waals surface area contributed by atoms with Gasteiger partial charge in [-0.1, -0.05) is 18.2 Å². The molecule has 0 spiro atoms. The van der Waals surface area contributed by atoms with Crippen molar-refractivity contribution < 1.29 is 4.79 Å². The summed E-state index contributed by atoms with van der Waals surface area (Å²) in [4.78, 5) is 18.6. The van der Waals surface area contributed by atoms with Gasteiger partial charge < -0.3 is 10.6 Å². The molecule has 0 unspecified atom stereocenters. The van der Waals surface area contributed by atoms with Crippen LogP contribution < -0.4 is 10.6 Å². The lowest BCUT2D eigenvalue weighted by molar-refractivity contribution is 0.0981. The van der Waals surface area contributed by atoms with Gasteiger partial charge in [0, 0.05) is 24.2 Å². The highest BCUT2D eigenvalue weighted by Crippen LogP contribution is 2.28. The second-order valence-electron chi connectivity index (χ2n) is 4.52. The van der Waals surface area contributed by atoms with Crippen molar-refractivity contribution in [2.45, 2.75) is 19.4 Å². The summed E-state index contributed by atoms with van der Waals surface area (Å²) in [5.74, 6) is -0.0249. The fourth-order valence-corrected chi connectivity index (χ4v) is 3.03. The molecular formula is C14H15N3OS. The number of aromatic nitrogens is 1. The van der Waals surface area contributed by atoms with Crippen molar-refractivity contribution >= 4 is 22.9 Å². The number of benzene rings is 1. The molecule has 19 heavy (non-hydrogen) atoms. The Morgan fingerprint density at radius 2 is 2.26 bits per heavy atom. The van der Waals surface area contributed by atoms with Crippen molar-refractivity contribution in [2.75, 3.05) is 11.4 Å². The van der Waals surface area contributed by atoms with Crippen molar-refractivity contribution in [3.05, 3.63) is 45.9 Å². The third-order valence-corrected chi connectivity index (χ3v) is 4.17. The monoisotopic (exact) mass is 273 g/mol. The molecule has 5 heteroatoms. The fourth-order valence-electron chi connectivity index (χ4n) is 2.39. The summed E-state index contributed by atoms with van der Waals surface area (Å²) in [6.45, 7) is 1.14. The highest BCUT2D eigenvalue weighted by Gasteiger charge is 2.24. The first-order chi connectivity index (χ1) is 9.29. The Kier molecular flexibility index (Phi) is 3.31. The zero-order valence-corrected chi connectivity index (χ0v) is 11.3. The van der Waals surface area contributed by atoms with E-state index in [0.717, 1.165) is 30.1 Å². The average molecular weight is 273 g/mol. The van der Waals surface area contributed by atoms with E-state index in [0.29, 0.717) is 12.2 Å². The van der Waals surface area contributed by atoms with E-state index in [4.69, 9.17) is 5.73 Å². The lowest BCUT2D eigenvalue weighted by Gasteiger charge is -2.28. The summed E-state index contributed by atoms with van der Waals surface area (Å²) in [6, 6.07) is 8.07. The van der Waals surface area contributed by atoms with Gasteiger partial charge in [0.05, 0.1) is 0 Å². The van der Waals surface area contributed by atoms with Gasteiger partial charge in [-0.15, -0.1) is 11.3 Å². The van der Waals surface area contributed by atoms with Gasteiger partial charge in [-0.25, -0.2) is 4.98 Å². The summed E-state index contributed by atoms with van der Waals surface area (Å²) in [5, 5.41) is 2.59. The Morgan fingerprint density at radius 3 is 3.05 bits per heavy atom. The van der Waals surface area contributed by atoms with Crippen molar-refractivity contribution in [1.82, 2.24) is 4.98 Å². The second-order valence-corrected chi connectivity index (χ2v) is 5.46. The van der Waals surface area contributed by atoms with Crippen LogP contribution in [0.3, 0.4) is 0 Å². The predicted molar refractivity (Wildman–Crippen MR) is 76.4 cm³/mol. The molecule has 2 aromatic rings. The average Bonchev–Trinajstić information content (AvgIpc) is 2.95. The molecule has 1 aromatic carbocycles. The Bertz CT molecular complexity index is 608. The number of rotatable bonds is 2. The molecule has 1 aromatic heterocycles. The van der Waals surface area contributed by atoms with Gasteiger partial charge in [-0.05, 0) is 24.5 Å². The second kappa shape index (κ2) is 5.11. The molecular weight excluding hydrogens is 258 g/mol. The van der Waals surface area contributed by atoms with Crippen molar-refractivity contribution in [3.8, 4) is 0 Å². The van der Waals surface area contributed by atoms with Crippen LogP contribution in [0.4, 0.5) is 5.69 Å². The van der Waals surface area contributed by atoms with Crippen LogP contribution in [0.1, 0.15) is 27.5 Å². The third-order valence-electron chi connectivity index (χ3n) is 3.30. The van der Waals surface area contributed by atoms with Crippen LogP contribution in [-0.4, -0.2) is 17.4 Å². The molecule has 0 fully saturated rings. The van der Waals surface area contributed by atoms with E-state index in [1.54, 1.807) is 5.38 Å². The van der Waals surface area contributed by atoms with Gasteiger partial charge in [-0.2, -0.15) is 0 Å². The van der Waals surface area contributed by atoms with Crippen LogP contribution in [0.2, 0.25) is 0 Å². The number of amides is 1. The summed E-state index contributed by atoms with van der Waals surface area (Å²) < 4.78 is 0. The minimum atomic E-state index is -0.0249. The minimum Gasteiger partial charge on any atom is -0.325 e. The maximum absolute atomic E-state index is 12.5. The first-order valence-corrected chi connectivity index (χ1v) is 7.22. The van der Waals surface area contributed by atoms with Crippen molar-refractivity contribution in [2.24, 2.45) is 5.73 Å². The molecule has 0 aliphatic carbocycles. The van der Waals surface area contributed by atoms with Crippen LogP contribution in [0, 0.1) is 0 Å². The molecule has 3 rings (SSSR count). The van der Waals surface area contributed by atoms with E-state index in [1.165, 1.54) is 16.9 Å². The number of fused-ring (bicyclic) bond motifs is 1. The highest BCUT2D eigenvalue weighted by atomic mass is 32.1. The maximum Gasteiger partial charge on any atom is 0.277 e. The van der Waals surface area contributed by atoms with E-state index < -0.39 is 0 Å². The fraction of sp³-hybridized carbons (Fsp3) is 0.286. The van der Waals surface area contributed by atoms with E-state index in [9.17, 15) is 4.79 Å². The Labute approximate surface area is 115 Å². The quantitative estimate of drug-likeness (QED) is 0.912. The number of carbonyl (C=O) groups excluding carboxylic acids is 1. The van der Waals surface area contributed by atoms with Gasteiger partial charge in [0.25, 0.3) is 5.91 Å². The first kappa shape index (κ1) is 12.3. The van der Waals surface area contributed by atoms with Crippen LogP contribution in [-0.2, 0) is 13.0 Å². The zero-order chi connectivity index (χ0) is 13.2. The van der Waals surface area contributed by atoms with Crippen molar-refractivity contribution in [3.63, 3.8) is 0 Å². The molecule has 0 atom stereocenters. The lowest BCUT2D eigenvalue weighted by atomic mass is 10.0. The number of carbonyl (C=O) groups is 1. The summed E-state index contributed by atoms with van der Waals surface area (Å²) in [5.41, 5.74) is 8.29. The van der Waals surface area contributed by atoms with Gasteiger partial charge in [-0.3, -0.25) is 4.79 Å². The van der Waals surface area contributed by atoms with E-state index in [1.807, 2.05) is 23.1 Å². The minimum absolute atomic E-state index is 0.0249. The molecule has 0 bridgehead atoms. The van der Waals surface area contributed by atoms with Crippen LogP contribution >= 0.6 is 11.3 Å². The molecule has 1 amide bonds. The molecule has 0 saturated carbocycles.